The van der Waals surface area contributed by atoms with Gasteiger partial charge in [-0.1, -0.05) is 48.5 Å². The maximum atomic E-state index is 13.4. The van der Waals surface area contributed by atoms with E-state index in [9.17, 15) is 14.4 Å². The number of furan rings is 1. The van der Waals surface area contributed by atoms with Crippen molar-refractivity contribution in [1.29, 1.82) is 0 Å². The highest BCUT2D eigenvalue weighted by atomic mass is 16.5. The van der Waals surface area contributed by atoms with Crippen LogP contribution in [0.25, 0.3) is 11.0 Å². The number of fused-ring (bicyclic) bond motifs is 1. The van der Waals surface area contributed by atoms with Gasteiger partial charge in [-0.05, 0) is 11.6 Å². The maximum Gasteiger partial charge on any atom is 0.330 e. The number of amides is 1. The first-order valence-electron chi connectivity index (χ1n) is 11.0. The number of benzene rings is 2. The van der Waals surface area contributed by atoms with Crippen molar-refractivity contribution < 1.29 is 18.7 Å². The van der Waals surface area contributed by atoms with Crippen molar-refractivity contribution >= 4 is 28.4 Å². The molecule has 0 spiro atoms. The predicted molar refractivity (Wildman–Crippen MR) is 132 cm³/mol. The number of ether oxygens (including phenoxy) is 2. The second kappa shape index (κ2) is 10.9. The van der Waals surface area contributed by atoms with E-state index in [0.717, 1.165) is 10.9 Å². The number of carbonyl (C=O) groups is 1. The molecule has 2 heterocycles. The number of H-pyrrole nitrogens is 1. The molecule has 4 rings (SSSR count). The molecule has 0 radical (unpaired) electrons. The minimum absolute atomic E-state index is 0.0144. The number of hydrogen-bond acceptors (Lipinski definition) is 7. The summed E-state index contributed by atoms with van der Waals surface area (Å²) in [6.07, 6.45) is 0. The summed E-state index contributed by atoms with van der Waals surface area (Å²) < 4.78 is 17.5. The van der Waals surface area contributed by atoms with Gasteiger partial charge < -0.3 is 24.5 Å². The third-order valence-electron chi connectivity index (χ3n) is 5.46. The van der Waals surface area contributed by atoms with E-state index in [1.54, 1.807) is 12.1 Å². The van der Waals surface area contributed by atoms with E-state index >= 15 is 0 Å². The Morgan fingerprint density at radius 3 is 2.51 bits per heavy atom. The van der Waals surface area contributed by atoms with Gasteiger partial charge in [0.15, 0.2) is 5.76 Å². The summed E-state index contributed by atoms with van der Waals surface area (Å²) >= 11 is 0. The number of methoxy groups -OCH3 is 2. The summed E-state index contributed by atoms with van der Waals surface area (Å²) in [5.41, 5.74) is 0.719. The number of nitrogens with one attached hydrogen (secondary N) is 3. The van der Waals surface area contributed by atoms with Crippen LogP contribution in [0.1, 0.15) is 21.7 Å². The molecule has 182 valence electrons. The van der Waals surface area contributed by atoms with Crippen LogP contribution in [0.15, 0.2) is 68.6 Å². The molecule has 35 heavy (non-hydrogen) atoms. The van der Waals surface area contributed by atoms with Gasteiger partial charge in [-0.2, -0.15) is 0 Å². The Balaban J connectivity index is 1.76. The van der Waals surface area contributed by atoms with Crippen LogP contribution < -0.4 is 21.9 Å². The van der Waals surface area contributed by atoms with Crippen LogP contribution in [0.2, 0.25) is 0 Å². The van der Waals surface area contributed by atoms with E-state index in [1.807, 2.05) is 42.5 Å². The molecule has 10 heteroatoms. The largest absolute Gasteiger partial charge is 0.451 e. The Kier molecular flexibility index (Phi) is 7.44. The van der Waals surface area contributed by atoms with Crippen LogP contribution in [-0.2, 0) is 29.2 Å². The highest BCUT2D eigenvalue weighted by Crippen LogP contribution is 2.28. The third kappa shape index (κ3) is 5.18. The second-order valence-electron chi connectivity index (χ2n) is 7.76. The minimum atomic E-state index is -0.672. The molecule has 0 aliphatic heterocycles. The number of carbonyl (C=O) groups excluding carboxylic acids is 1. The molecule has 0 fully saturated rings. The SMILES string of the molecule is COCCn1c(NC(=O)c2oc3ccccc3c2COC)c(NCc2ccccc2)c(=O)[nH]c1=O. The zero-order valence-electron chi connectivity index (χ0n) is 19.4. The third-order valence-corrected chi connectivity index (χ3v) is 5.46. The van der Waals surface area contributed by atoms with Crippen molar-refractivity contribution in [3.63, 3.8) is 0 Å². The number of aromatic amines is 1. The zero-order valence-corrected chi connectivity index (χ0v) is 19.4. The Morgan fingerprint density at radius 2 is 1.77 bits per heavy atom. The van der Waals surface area contributed by atoms with Crippen LogP contribution in [0.5, 0.6) is 0 Å². The average molecular weight is 479 g/mol. The molecule has 0 bridgehead atoms. The monoisotopic (exact) mass is 478 g/mol. The lowest BCUT2D eigenvalue weighted by atomic mass is 10.1. The van der Waals surface area contributed by atoms with Gasteiger partial charge in [0.1, 0.15) is 17.1 Å². The molecular weight excluding hydrogens is 452 g/mol. The van der Waals surface area contributed by atoms with Crippen LogP contribution in [0, 0.1) is 0 Å². The number of anilines is 2. The highest BCUT2D eigenvalue weighted by molar-refractivity contribution is 6.07. The molecular formula is C25H26N4O6. The summed E-state index contributed by atoms with van der Waals surface area (Å²) in [6, 6.07) is 16.6. The molecule has 1 amide bonds. The fourth-order valence-corrected chi connectivity index (χ4v) is 3.78. The molecule has 0 atom stereocenters. The van der Waals surface area contributed by atoms with Crippen molar-refractivity contribution in [3.8, 4) is 0 Å². The predicted octanol–water partition coefficient (Wildman–Crippen LogP) is 2.94. The van der Waals surface area contributed by atoms with E-state index in [1.165, 1.54) is 18.8 Å². The van der Waals surface area contributed by atoms with Crippen molar-refractivity contribution in [2.45, 2.75) is 19.7 Å². The lowest BCUT2D eigenvalue weighted by molar-refractivity contribution is 0.0990. The zero-order chi connectivity index (χ0) is 24.8. The molecule has 10 nitrogen and oxygen atoms in total. The first kappa shape index (κ1) is 24.0. The normalized spacial score (nSPS) is 11.0. The Hall–Kier alpha value is -4.15. The van der Waals surface area contributed by atoms with Crippen molar-refractivity contribution in [2.24, 2.45) is 0 Å². The smallest absolute Gasteiger partial charge is 0.330 e. The fraction of sp³-hybridized carbons (Fsp3) is 0.240. The molecule has 0 aliphatic carbocycles. The standard InChI is InChI=1S/C25H26N4O6/c1-33-13-12-29-22(20(23(30)28-25(29)32)26-14-16-8-4-3-5-9-16)27-24(31)21-18(15-34-2)17-10-6-7-11-19(17)35-21/h3-11,26H,12-15H2,1-2H3,(H,27,31)(H,28,30,32). The molecule has 3 N–H and O–H groups in total. The molecule has 0 aliphatic rings. The van der Waals surface area contributed by atoms with Gasteiger partial charge in [0.05, 0.1) is 19.8 Å². The minimum Gasteiger partial charge on any atom is -0.451 e. The number of nitrogens with zero attached hydrogens (tertiary/aromatic N) is 1. The van der Waals surface area contributed by atoms with Gasteiger partial charge in [-0.25, -0.2) is 4.79 Å². The molecule has 0 saturated carbocycles. The maximum absolute atomic E-state index is 13.4. The highest BCUT2D eigenvalue weighted by Gasteiger charge is 2.24. The van der Waals surface area contributed by atoms with E-state index < -0.39 is 17.2 Å². The lowest BCUT2D eigenvalue weighted by Gasteiger charge is -2.17. The summed E-state index contributed by atoms with van der Waals surface area (Å²) in [7, 11) is 3.02. The van der Waals surface area contributed by atoms with E-state index in [0.29, 0.717) is 17.7 Å². The second-order valence-corrected chi connectivity index (χ2v) is 7.76. The van der Waals surface area contributed by atoms with E-state index in [4.69, 9.17) is 13.9 Å². The van der Waals surface area contributed by atoms with E-state index in [2.05, 4.69) is 15.6 Å². The molecule has 0 unspecified atom stereocenters. The Labute approximate surface area is 200 Å². The van der Waals surface area contributed by atoms with Crippen LogP contribution in [0.3, 0.4) is 0 Å². The Bertz CT molecular complexity index is 1440. The number of rotatable bonds is 10. The first-order chi connectivity index (χ1) is 17.0. The van der Waals surface area contributed by atoms with Gasteiger partial charge in [0, 0.05) is 31.7 Å². The molecule has 0 saturated heterocycles. The van der Waals surface area contributed by atoms with Gasteiger partial charge in [0.25, 0.3) is 11.5 Å². The summed E-state index contributed by atoms with van der Waals surface area (Å²) in [5.74, 6) is -0.569. The van der Waals surface area contributed by atoms with Gasteiger partial charge in [0.2, 0.25) is 0 Å². The average Bonchev–Trinajstić information content (AvgIpc) is 3.23. The van der Waals surface area contributed by atoms with Crippen LogP contribution in [0.4, 0.5) is 11.5 Å². The van der Waals surface area contributed by atoms with Crippen LogP contribution in [-0.4, -0.2) is 36.3 Å². The summed E-state index contributed by atoms with van der Waals surface area (Å²) in [4.78, 5) is 41.1. The lowest BCUT2D eigenvalue weighted by Crippen LogP contribution is -2.36. The Morgan fingerprint density at radius 1 is 1.03 bits per heavy atom. The summed E-state index contributed by atoms with van der Waals surface area (Å²) in [5, 5.41) is 6.51. The van der Waals surface area contributed by atoms with Crippen LogP contribution >= 0.6 is 0 Å². The number of para-hydroxylation sites is 1. The van der Waals surface area contributed by atoms with Gasteiger partial charge >= 0.3 is 5.69 Å². The van der Waals surface area contributed by atoms with Crippen molar-refractivity contribution in [3.05, 3.63) is 92.3 Å². The topological polar surface area (TPSA) is 128 Å². The van der Waals surface area contributed by atoms with Gasteiger partial charge in [-0.15, -0.1) is 0 Å². The fourth-order valence-electron chi connectivity index (χ4n) is 3.78. The van der Waals surface area contributed by atoms with Gasteiger partial charge in [-0.3, -0.25) is 19.1 Å². The molecule has 2 aromatic carbocycles. The quantitative estimate of drug-likeness (QED) is 0.320. The number of hydrogen-bond donors (Lipinski definition) is 3. The molecule has 2 aromatic heterocycles. The van der Waals surface area contributed by atoms with E-state index in [-0.39, 0.29) is 37.0 Å². The first-order valence-corrected chi connectivity index (χ1v) is 11.0. The summed E-state index contributed by atoms with van der Waals surface area (Å²) in [6.45, 7) is 0.735. The van der Waals surface area contributed by atoms with Crippen molar-refractivity contribution in [2.75, 3.05) is 31.5 Å². The molecule has 4 aromatic rings. The van der Waals surface area contributed by atoms with Crippen molar-refractivity contribution in [1.82, 2.24) is 9.55 Å². The number of aromatic nitrogens is 2.